The number of methoxy groups -OCH3 is 2. The average Bonchev–Trinajstić information content (AvgIpc) is 2.71. The topological polar surface area (TPSA) is 94.2 Å². The summed E-state index contributed by atoms with van der Waals surface area (Å²) in [5.74, 6) is 1.38. The molecule has 2 rings (SSSR count). The summed E-state index contributed by atoms with van der Waals surface area (Å²) in [6.07, 6.45) is 1.63. The van der Waals surface area contributed by atoms with Crippen LogP contribution in [-0.2, 0) is 21.2 Å². The second-order valence-electron chi connectivity index (χ2n) is 6.49. The number of carbonyl (C=O) groups excluding carboxylic acids is 1. The van der Waals surface area contributed by atoms with Gasteiger partial charge in [-0.15, -0.1) is 0 Å². The van der Waals surface area contributed by atoms with Crippen LogP contribution in [-0.4, -0.2) is 54.5 Å². The van der Waals surface area contributed by atoms with Gasteiger partial charge >= 0.3 is 0 Å². The van der Waals surface area contributed by atoms with Gasteiger partial charge in [0.1, 0.15) is 12.3 Å². The van der Waals surface area contributed by atoms with Crippen molar-refractivity contribution in [3.63, 3.8) is 0 Å². The Kier molecular flexibility index (Phi) is 8.35. The summed E-state index contributed by atoms with van der Waals surface area (Å²) in [4.78, 5) is 12.4. The molecule has 0 aliphatic heterocycles. The number of nitrogens with zero attached hydrogens (tertiary/aromatic N) is 1. The second kappa shape index (κ2) is 10.7. The number of sulfonamides is 1. The van der Waals surface area contributed by atoms with Crippen LogP contribution in [0.15, 0.2) is 42.5 Å². The molecule has 2 aromatic carbocycles. The Bertz CT molecular complexity index is 962. The number of nitrogens with one attached hydrogen (secondary N) is 1. The molecule has 1 amide bonds. The summed E-state index contributed by atoms with van der Waals surface area (Å²) in [6.45, 7) is 2.33. The fourth-order valence-corrected chi connectivity index (χ4v) is 3.71. The number of rotatable bonds is 11. The third-order valence-electron chi connectivity index (χ3n) is 4.29. The molecule has 0 fully saturated rings. The molecule has 0 radical (unpaired) electrons. The normalized spacial score (nSPS) is 10.9. The Labute approximate surface area is 177 Å². The smallest absolute Gasteiger partial charge is 0.240 e. The van der Waals surface area contributed by atoms with Gasteiger partial charge in [0.15, 0.2) is 11.5 Å². The second-order valence-corrected chi connectivity index (χ2v) is 8.40. The molecule has 2 aromatic rings. The van der Waals surface area contributed by atoms with Crippen LogP contribution in [0.1, 0.15) is 12.5 Å². The molecule has 0 atom stereocenters. The van der Waals surface area contributed by atoms with Crippen LogP contribution in [0.3, 0.4) is 0 Å². The highest BCUT2D eigenvalue weighted by molar-refractivity contribution is 7.92. The lowest BCUT2D eigenvalue weighted by Gasteiger charge is -2.22. The molecular weight excluding hydrogens is 408 g/mol. The highest BCUT2D eigenvalue weighted by Gasteiger charge is 2.21. The van der Waals surface area contributed by atoms with Gasteiger partial charge in [-0.1, -0.05) is 12.1 Å². The predicted octanol–water partition coefficient (Wildman–Crippen LogP) is 2.23. The van der Waals surface area contributed by atoms with Crippen molar-refractivity contribution in [2.45, 2.75) is 13.3 Å². The van der Waals surface area contributed by atoms with Gasteiger partial charge < -0.3 is 19.5 Å². The van der Waals surface area contributed by atoms with E-state index < -0.39 is 15.9 Å². The maximum Gasteiger partial charge on any atom is 0.240 e. The van der Waals surface area contributed by atoms with E-state index in [0.29, 0.717) is 42.5 Å². The zero-order chi connectivity index (χ0) is 22.1. The maximum absolute atomic E-state index is 12.4. The van der Waals surface area contributed by atoms with Crippen molar-refractivity contribution >= 4 is 21.6 Å². The number of hydrogen-bond acceptors (Lipinski definition) is 6. The number of carbonyl (C=O) groups is 1. The van der Waals surface area contributed by atoms with Crippen molar-refractivity contribution in [2.24, 2.45) is 0 Å². The first-order valence-electron chi connectivity index (χ1n) is 9.46. The lowest BCUT2D eigenvalue weighted by Crippen LogP contribution is -2.40. The van der Waals surface area contributed by atoms with E-state index in [-0.39, 0.29) is 6.54 Å². The molecule has 0 saturated carbocycles. The largest absolute Gasteiger partial charge is 0.494 e. The molecule has 0 saturated heterocycles. The van der Waals surface area contributed by atoms with Crippen LogP contribution >= 0.6 is 0 Å². The molecule has 1 N–H and O–H groups in total. The van der Waals surface area contributed by atoms with Crippen molar-refractivity contribution in [3.05, 3.63) is 48.0 Å². The highest BCUT2D eigenvalue weighted by atomic mass is 32.2. The number of ether oxygens (including phenoxy) is 3. The van der Waals surface area contributed by atoms with Crippen molar-refractivity contribution in [2.75, 3.05) is 44.5 Å². The van der Waals surface area contributed by atoms with Crippen LogP contribution in [0.4, 0.5) is 5.69 Å². The van der Waals surface area contributed by atoms with Crippen LogP contribution in [0.2, 0.25) is 0 Å². The monoisotopic (exact) mass is 436 g/mol. The van der Waals surface area contributed by atoms with E-state index in [1.807, 2.05) is 19.1 Å². The standard InChI is InChI=1S/C21H28N2O6S/c1-5-29-18-8-6-7-17(14-18)23(30(4,25)26)15-21(24)22-12-11-16-9-10-19(27-2)20(13-16)28-3/h6-10,13-14H,5,11-12,15H2,1-4H3,(H,22,24). The quantitative estimate of drug-likeness (QED) is 0.581. The fraction of sp³-hybridized carbons (Fsp3) is 0.381. The molecule has 0 aromatic heterocycles. The average molecular weight is 437 g/mol. The zero-order valence-corrected chi connectivity index (χ0v) is 18.5. The fourth-order valence-electron chi connectivity index (χ4n) is 2.86. The first kappa shape index (κ1) is 23.3. The molecule has 0 aliphatic carbocycles. The van der Waals surface area contributed by atoms with Gasteiger partial charge in [-0.05, 0) is 43.2 Å². The van der Waals surface area contributed by atoms with Gasteiger partial charge in [0.05, 0.1) is 32.8 Å². The summed E-state index contributed by atoms with van der Waals surface area (Å²) in [7, 11) is -0.528. The molecule has 164 valence electrons. The Morgan fingerprint density at radius 1 is 1.07 bits per heavy atom. The van der Waals surface area contributed by atoms with E-state index in [1.165, 1.54) is 0 Å². The SMILES string of the molecule is CCOc1cccc(N(CC(=O)NCCc2ccc(OC)c(OC)c2)S(C)(=O)=O)c1. The molecular formula is C21H28N2O6S. The van der Waals surface area contributed by atoms with Gasteiger partial charge in [-0.2, -0.15) is 0 Å². The molecule has 9 heteroatoms. The maximum atomic E-state index is 12.4. The minimum atomic E-state index is -3.65. The lowest BCUT2D eigenvalue weighted by molar-refractivity contribution is -0.119. The summed E-state index contributed by atoms with van der Waals surface area (Å²) in [5.41, 5.74) is 1.33. The van der Waals surface area contributed by atoms with Gasteiger partial charge in [-0.3, -0.25) is 9.10 Å². The molecule has 0 aliphatic rings. The summed E-state index contributed by atoms with van der Waals surface area (Å²) >= 11 is 0. The first-order valence-corrected chi connectivity index (χ1v) is 11.3. The van der Waals surface area contributed by atoms with E-state index in [4.69, 9.17) is 14.2 Å². The van der Waals surface area contributed by atoms with Gasteiger partial charge in [-0.25, -0.2) is 8.42 Å². The van der Waals surface area contributed by atoms with Crippen LogP contribution in [0.25, 0.3) is 0 Å². The number of anilines is 1. The van der Waals surface area contributed by atoms with E-state index in [0.717, 1.165) is 16.1 Å². The third-order valence-corrected chi connectivity index (χ3v) is 5.43. The molecule has 0 spiro atoms. The van der Waals surface area contributed by atoms with Gasteiger partial charge in [0.2, 0.25) is 15.9 Å². The third kappa shape index (κ3) is 6.55. The Morgan fingerprint density at radius 3 is 2.43 bits per heavy atom. The van der Waals surface area contributed by atoms with E-state index in [2.05, 4.69) is 5.32 Å². The van der Waals surface area contributed by atoms with E-state index >= 15 is 0 Å². The number of benzene rings is 2. The predicted molar refractivity (Wildman–Crippen MR) is 116 cm³/mol. The van der Waals surface area contributed by atoms with Gasteiger partial charge in [0.25, 0.3) is 0 Å². The van der Waals surface area contributed by atoms with E-state index in [9.17, 15) is 13.2 Å². The van der Waals surface area contributed by atoms with Crippen molar-refractivity contribution < 1.29 is 27.4 Å². The van der Waals surface area contributed by atoms with E-state index in [1.54, 1.807) is 44.6 Å². The molecule has 30 heavy (non-hydrogen) atoms. The molecule has 0 bridgehead atoms. The first-order chi connectivity index (χ1) is 14.3. The Hall–Kier alpha value is -2.94. The Balaban J connectivity index is 2.01. The van der Waals surface area contributed by atoms with Crippen LogP contribution < -0.4 is 23.8 Å². The molecule has 8 nitrogen and oxygen atoms in total. The van der Waals surface area contributed by atoms with Crippen molar-refractivity contribution in [1.29, 1.82) is 0 Å². The van der Waals surface area contributed by atoms with Crippen LogP contribution in [0.5, 0.6) is 17.2 Å². The highest BCUT2D eigenvalue weighted by Crippen LogP contribution is 2.27. The van der Waals surface area contributed by atoms with Crippen LogP contribution in [0, 0.1) is 0 Å². The molecule has 0 heterocycles. The zero-order valence-electron chi connectivity index (χ0n) is 17.7. The number of hydrogen-bond donors (Lipinski definition) is 1. The van der Waals surface area contributed by atoms with Crippen molar-refractivity contribution in [1.82, 2.24) is 5.32 Å². The van der Waals surface area contributed by atoms with Gasteiger partial charge in [0, 0.05) is 12.6 Å². The lowest BCUT2D eigenvalue weighted by atomic mass is 10.1. The summed E-state index contributed by atoms with van der Waals surface area (Å²) in [6, 6.07) is 12.2. The van der Waals surface area contributed by atoms with Crippen molar-refractivity contribution in [3.8, 4) is 17.2 Å². The summed E-state index contributed by atoms with van der Waals surface area (Å²) < 4.78 is 41.4. The Morgan fingerprint density at radius 2 is 1.80 bits per heavy atom. The minimum absolute atomic E-state index is 0.319. The molecule has 0 unspecified atom stereocenters. The number of amides is 1. The summed E-state index contributed by atoms with van der Waals surface area (Å²) in [5, 5.41) is 2.76. The minimum Gasteiger partial charge on any atom is -0.494 e.